The molecule has 1 atom stereocenters. The number of ether oxygens (including phenoxy) is 1. The van der Waals surface area contributed by atoms with Gasteiger partial charge in [-0.25, -0.2) is 9.97 Å². The van der Waals surface area contributed by atoms with Crippen LogP contribution in [0.5, 0.6) is 0 Å². The third kappa shape index (κ3) is 5.50. The van der Waals surface area contributed by atoms with Gasteiger partial charge in [0.2, 0.25) is 0 Å². The summed E-state index contributed by atoms with van der Waals surface area (Å²) in [6.07, 6.45) is 0. The smallest absolute Gasteiger partial charge is 0.138 e. The lowest BCUT2D eigenvalue weighted by molar-refractivity contribution is 0.171. The highest BCUT2D eigenvalue weighted by Gasteiger charge is 2.20. The van der Waals surface area contributed by atoms with Crippen molar-refractivity contribution in [1.29, 1.82) is 0 Å². The van der Waals surface area contributed by atoms with E-state index in [1.165, 1.54) is 0 Å². The van der Waals surface area contributed by atoms with Crippen LogP contribution in [-0.2, 0) is 10.2 Å². The molecule has 0 aliphatic heterocycles. The molecule has 0 amide bonds. The van der Waals surface area contributed by atoms with Crippen molar-refractivity contribution >= 4 is 11.6 Å². The third-order valence-corrected chi connectivity index (χ3v) is 3.24. The lowest BCUT2D eigenvalue weighted by Gasteiger charge is -2.24. The van der Waals surface area contributed by atoms with Crippen molar-refractivity contribution in [1.82, 2.24) is 9.97 Å². The van der Waals surface area contributed by atoms with Gasteiger partial charge < -0.3 is 15.4 Å². The summed E-state index contributed by atoms with van der Waals surface area (Å²) >= 11 is 0. The van der Waals surface area contributed by atoms with Crippen molar-refractivity contribution in [3.8, 4) is 0 Å². The Morgan fingerprint density at radius 2 is 1.81 bits per heavy atom. The van der Waals surface area contributed by atoms with Gasteiger partial charge in [-0.2, -0.15) is 0 Å². The number of nitrogens with zero attached hydrogens (tertiary/aromatic N) is 2. The van der Waals surface area contributed by atoms with Crippen molar-refractivity contribution in [3.63, 3.8) is 0 Å². The monoisotopic (exact) mass is 294 g/mol. The molecular weight excluding hydrogens is 264 g/mol. The van der Waals surface area contributed by atoms with Gasteiger partial charge in [0.05, 0.1) is 12.6 Å². The highest BCUT2D eigenvalue weighted by Crippen LogP contribution is 2.23. The van der Waals surface area contributed by atoms with Crippen molar-refractivity contribution in [2.24, 2.45) is 5.92 Å². The largest absolute Gasteiger partial charge is 0.383 e. The fourth-order valence-electron chi connectivity index (χ4n) is 1.90. The lowest BCUT2D eigenvalue weighted by atomic mass is 9.95. The summed E-state index contributed by atoms with van der Waals surface area (Å²) < 4.78 is 5.29. The van der Waals surface area contributed by atoms with Crippen LogP contribution in [0.25, 0.3) is 0 Å². The third-order valence-electron chi connectivity index (χ3n) is 3.24. The van der Waals surface area contributed by atoms with Crippen LogP contribution in [0.4, 0.5) is 11.6 Å². The fourth-order valence-corrected chi connectivity index (χ4v) is 1.90. The summed E-state index contributed by atoms with van der Waals surface area (Å²) in [6.45, 7) is 14.3. The maximum Gasteiger partial charge on any atom is 0.138 e. The molecule has 1 heterocycles. The van der Waals surface area contributed by atoms with Gasteiger partial charge in [0.15, 0.2) is 0 Å². The molecule has 1 rings (SSSR count). The van der Waals surface area contributed by atoms with E-state index in [0.29, 0.717) is 12.5 Å². The highest BCUT2D eigenvalue weighted by molar-refractivity contribution is 5.48. The SMILES string of the molecule is CCNc1cc(NC(COC)C(C)C)nc(C(C)(C)C)n1. The minimum absolute atomic E-state index is 0.0869. The number of aromatic nitrogens is 2. The van der Waals surface area contributed by atoms with Crippen molar-refractivity contribution in [2.45, 2.75) is 53.0 Å². The van der Waals surface area contributed by atoms with Crippen LogP contribution in [0, 0.1) is 5.92 Å². The van der Waals surface area contributed by atoms with E-state index in [0.717, 1.165) is 24.0 Å². The van der Waals surface area contributed by atoms with Gasteiger partial charge in [0.1, 0.15) is 17.5 Å². The second-order valence-electron chi connectivity index (χ2n) is 6.69. The van der Waals surface area contributed by atoms with Crippen LogP contribution in [0.1, 0.15) is 47.4 Å². The summed E-state index contributed by atoms with van der Waals surface area (Å²) in [5, 5.41) is 6.75. The molecule has 1 aromatic rings. The van der Waals surface area contributed by atoms with Gasteiger partial charge >= 0.3 is 0 Å². The first kappa shape index (κ1) is 17.7. The first-order valence-electron chi connectivity index (χ1n) is 7.66. The first-order chi connectivity index (χ1) is 9.77. The van der Waals surface area contributed by atoms with Gasteiger partial charge in [-0.1, -0.05) is 34.6 Å². The van der Waals surface area contributed by atoms with E-state index in [-0.39, 0.29) is 11.5 Å². The molecule has 0 saturated carbocycles. The molecule has 0 aliphatic rings. The molecule has 0 spiro atoms. The number of anilines is 2. The lowest BCUT2D eigenvalue weighted by Crippen LogP contribution is -2.31. The van der Waals surface area contributed by atoms with Crippen molar-refractivity contribution < 1.29 is 4.74 Å². The summed E-state index contributed by atoms with van der Waals surface area (Å²) in [5.74, 6) is 3.01. The number of nitrogens with one attached hydrogen (secondary N) is 2. The van der Waals surface area contributed by atoms with Gasteiger partial charge in [0.25, 0.3) is 0 Å². The summed E-state index contributed by atoms with van der Waals surface area (Å²) in [7, 11) is 1.72. The van der Waals surface area contributed by atoms with Gasteiger partial charge in [-0.05, 0) is 12.8 Å². The molecule has 5 nitrogen and oxygen atoms in total. The summed E-state index contributed by atoms with van der Waals surface area (Å²) in [4.78, 5) is 9.27. The number of hydrogen-bond donors (Lipinski definition) is 2. The van der Waals surface area contributed by atoms with E-state index in [4.69, 9.17) is 4.74 Å². The molecule has 0 aromatic carbocycles. The van der Waals surface area contributed by atoms with Gasteiger partial charge in [-0.3, -0.25) is 0 Å². The molecular formula is C16H30N4O. The topological polar surface area (TPSA) is 59.1 Å². The predicted molar refractivity (Wildman–Crippen MR) is 89.0 cm³/mol. The van der Waals surface area contributed by atoms with E-state index in [2.05, 4.69) is 62.1 Å². The minimum atomic E-state index is -0.0869. The quantitative estimate of drug-likeness (QED) is 0.808. The Labute approximate surface area is 128 Å². The van der Waals surface area contributed by atoms with E-state index in [9.17, 15) is 0 Å². The second kappa shape index (κ2) is 7.59. The molecule has 0 bridgehead atoms. The zero-order valence-electron chi connectivity index (χ0n) is 14.4. The zero-order chi connectivity index (χ0) is 16.0. The van der Waals surface area contributed by atoms with Crippen molar-refractivity contribution in [2.75, 3.05) is 30.9 Å². The van der Waals surface area contributed by atoms with Crippen LogP contribution in [-0.4, -0.2) is 36.3 Å². The maximum atomic E-state index is 5.29. The Balaban J connectivity index is 3.07. The van der Waals surface area contributed by atoms with E-state index < -0.39 is 0 Å². The Kier molecular flexibility index (Phi) is 6.40. The summed E-state index contributed by atoms with van der Waals surface area (Å²) in [5.41, 5.74) is -0.0869. The molecule has 120 valence electrons. The molecule has 0 fully saturated rings. The van der Waals surface area contributed by atoms with Crippen LogP contribution >= 0.6 is 0 Å². The van der Waals surface area contributed by atoms with Crippen LogP contribution in [0.15, 0.2) is 6.07 Å². The summed E-state index contributed by atoms with van der Waals surface area (Å²) in [6, 6.07) is 2.19. The van der Waals surface area contributed by atoms with Crippen LogP contribution in [0.2, 0.25) is 0 Å². The van der Waals surface area contributed by atoms with E-state index >= 15 is 0 Å². The number of methoxy groups -OCH3 is 1. The second-order valence-corrected chi connectivity index (χ2v) is 6.69. The van der Waals surface area contributed by atoms with Gasteiger partial charge in [0, 0.05) is 25.1 Å². The normalized spacial score (nSPS) is 13.3. The average molecular weight is 294 g/mol. The highest BCUT2D eigenvalue weighted by atomic mass is 16.5. The Bertz CT molecular complexity index is 440. The molecule has 0 aliphatic carbocycles. The molecule has 21 heavy (non-hydrogen) atoms. The van der Waals surface area contributed by atoms with E-state index in [1.807, 2.05) is 6.07 Å². The molecule has 5 heteroatoms. The van der Waals surface area contributed by atoms with Gasteiger partial charge in [-0.15, -0.1) is 0 Å². The van der Waals surface area contributed by atoms with Crippen LogP contribution in [0.3, 0.4) is 0 Å². The number of hydrogen-bond acceptors (Lipinski definition) is 5. The molecule has 1 unspecified atom stereocenters. The maximum absolute atomic E-state index is 5.29. The molecule has 1 aromatic heterocycles. The fraction of sp³-hybridized carbons (Fsp3) is 0.750. The zero-order valence-corrected chi connectivity index (χ0v) is 14.4. The Hall–Kier alpha value is -1.36. The Morgan fingerprint density at radius 3 is 2.29 bits per heavy atom. The van der Waals surface area contributed by atoms with E-state index in [1.54, 1.807) is 7.11 Å². The predicted octanol–water partition coefficient (Wildman–Crippen LogP) is 3.29. The molecule has 0 radical (unpaired) electrons. The average Bonchev–Trinajstić information content (AvgIpc) is 2.37. The number of rotatable bonds is 7. The van der Waals surface area contributed by atoms with Crippen molar-refractivity contribution in [3.05, 3.63) is 11.9 Å². The molecule has 2 N–H and O–H groups in total. The standard InChI is InChI=1S/C16H30N4O/c1-8-17-13-9-14(18-12(10-21-7)11(2)3)20-15(19-13)16(4,5)6/h9,11-12H,8,10H2,1-7H3,(H2,17,18,19,20). The van der Waals surface area contributed by atoms with Crippen LogP contribution < -0.4 is 10.6 Å². The Morgan fingerprint density at radius 1 is 1.19 bits per heavy atom. The molecule has 0 saturated heterocycles. The minimum Gasteiger partial charge on any atom is -0.383 e. The first-order valence-corrected chi connectivity index (χ1v) is 7.66.